The number of nitrogens with two attached hydrogens (primary N) is 1. The summed E-state index contributed by atoms with van der Waals surface area (Å²) >= 11 is 3.30. The molecule has 0 aliphatic carbocycles. The number of anilines is 5. The minimum absolute atomic E-state index is 0.0273. The zero-order valence-electron chi connectivity index (χ0n) is 66.4. The molecule has 0 aromatic carbocycles. The van der Waals surface area contributed by atoms with Gasteiger partial charge >= 0.3 is 35.5 Å². The summed E-state index contributed by atoms with van der Waals surface area (Å²) in [4.78, 5) is 139. The molecule has 7 aromatic rings. The molecule has 0 spiro atoms. The van der Waals surface area contributed by atoms with Crippen LogP contribution in [0, 0.1) is 52.7 Å². The Morgan fingerprint density at radius 3 is 1.30 bits per heavy atom. The van der Waals surface area contributed by atoms with Gasteiger partial charge in [0.2, 0.25) is 35.1 Å². The van der Waals surface area contributed by atoms with Gasteiger partial charge in [0.05, 0.1) is 46.7 Å². The van der Waals surface area contributed by atoms with Crippen LogP contribution in [0.4, 0.5) is 40.7 Å². The van der Waals surface area contributed by atoms with E-state index in [1.54, 1.807) is 149 Å². The van der Waals surface area contributed by atoms with Crippen LogP contribution < -0.4 is 55.4 Å². The van der Waals surface area contributed by atoms with E-state index in [9.17, 15) is 58.6 Å². The molecule has 0 fully saturated rings. The van der Waals surface area contributed by atoms with Gasteiger partial charge in [-0.15, -0.1) is 0 Å². The number of aromatic nitrogens is 7. The lowest BCUT2D eigenvalue weighted by Gasteiger charge is -2.21. The van der Waals surface area contributed by atoms with Crippen molar-refractivity contribution < 1.29 is 101 Å². The van der Waals surface area contributed by atoms with Crippen molar-refractivity contribution >= 4 is 116 Å². The summed E-state index contributed by atoms with van der Waals surface area (Å²) < 4.78 is 48.3. The van der Waals surface area contributed by atoms with Gasteiger partial charge in [-0.1, -0.05) is 0 Å². The second kappa shape index (κ2) is 40.4. The van der Waals surface area contributed by atoms with Crippen LogP contribution in [0.5, 0.6) is 40.2 Å². The van der Waals surface area contributed by atoms with Crippen LogP contribution in [0.25, 0.3) is 12.2 Å². The molecule has 0 saturated heterocycles. The van der Waals surface area contributed by atoms with Gasteiger partial charge in [0.1, 0.15) is 57.6 Å². The number of pyridine rings is 7. The molecule has 0 saturated carbocycles. The maximum Gasteiger partial charge on any atom is 0.406 e. The molecule has 0 radical (unpaired) electrons. The minimum Gasteiger partial charge on any atom is -0.501 e. The van der Waals surface area contributed by atoms with Gasteiger partial charge in [-0.2, -0.15) is 0 Å². The highest BCUT2D eigenvalue weighted by molar-refractivity contribution is 9.10. The predicted molar refractivity (Wildman–Crippen MR) is 423 cm³/mol. The molecule has 38 heteroatoms. The monoisotopic (exact) mass is 1660 g/mol. The van der Waals surface area contributed by atoms with E-state index in [0.717, 1.165) is 10.5 Å². The molecule has 11 heterocycles. The standard InChI is InChI=1S/C17H22N2O4.C13H14N2O4.C11H14N2O5.C11H16N2O3.C10H11BrN2O2.C10H12N2O2.C5H4N2O3/c1-16(2,3)23-13(20)7-6-11-8-12-14(18-9-11)19-15(21)17(4,5)10-22-12;1-13(2)7-19-9-5-8(3-4-10(16)17)6-14-11(9)15-12(13)18;1-11(2,10(14)17-3)7-18-8-5-4-6-12-9(8)13(15)16;1-11(2,10(14)15-3)7-16-8-5-4-6-13-9(8)12;1-10(2)5-15-7-3-6(11)4-12-8(7)13-9(10)14;1-10(2)6-14-7-4-3-5-11-8(7)12-9(10)13;8-4-2-1-3-6-5(4)7(9)10/h6-9H,10H2,1-5H3,(H,18,19,21);3-6H,7H2,1-2H3,(H,16,17)(H,14,15,18);4-6H,7H2,1-3H3;4-6H,7H2,1-3H3,(H2,12,13);3-4H,5H2,1-2H3,(H,12,13,14);3-5H,6H2,1-2H3,(H,11,12,13);1-3,8H/b7-6+;4-3+;;;;;. The van der Waals surface area contributed by atoms with E-state index in [0.29, 0.717) is 82.2 Å². The number of hydrogen-bond donors (Lipinski definition) is 7. The van der Waals surface area contributed by atoms with Crippen molar-refractivity contribution in [2.75, 3.05) is 80.9 Å². The van der Waals surface area contributed by atoms with Crippen LogP contribution in [0.1, 0.15) is 115 Å². The summed E-state index contributed by atoms with van der Waals surface area (Å²) in [7, 11) is 2.62. The number of nitro groups is 2. The van der Waals surface area contributed by atoms with E-state index in [-0.39, 0.29) is 67.6 Å². The van der Waals surface area contributed by atoms with Crippen LogP contribution in [0.2, 0.25) is 0 Å². The number of halogens is 1. The predicted octanol–water partition coefficient (Wildman–Crippen LogP) is 11.5. The summed E-state index contributed by atoms with van der Waals surface area (Å²) in [6, 6.07) is 17.7. The second-order valence-electron chi connectivity index (χ2n) is 30.0. The number of nitrogens with zero attached hydrogens (tertiary/aromatic N) is 9. The summed E-state index contributed by atoms with van der Waals surface area (Å²) in [5.74, 6) is 0.707. The third kappa shape index (κ3) is 28.9. The topological polar surface area (TPSA) is 511 Å². The highest BCUT2D eigenvalue weighted by Crippen LogP contribution is 2.36. The minimum atomic E-state index is -1.04. The van der Waals surface area contributed by atoms with Gasteiger partial charge in [-0.25, -0.2) is 34.5 Å². The fraction of sp³-hybridized carbons (Fsp3) is 0.390. The number of amides is 4. The van der Waals surface area contributed by atoms with Crippen molar-refractivity contribution in [2.24, 2.45) is 32.5 Å². The van der Waals surface area contributed by atoms with Gasteiger partial charge < -0.3 is 100 Å². The van der Waals surface area contributed by atoms with E-state index < -0.39 is 77.4 Å². The number of aromatic hydroxyl groups is 1. The van der Waals surface area contributed by atoms with Gasteiger partial charge in [0.25, 0.3) is 0 Å². The van der Waals surface area contributed by atoms with Crippen molar-refractivity contribution in [1.82, 2.24) is 34.9 Å². The molecule has 37 nitrogen and oxygen atoms in total. The van der Waals surface area contributed by atoms with Crippen molar-refractivity contribution in [3.05, 3.63) is 158 Å². The zero-order chi connectivity index (χ0) is 86.0. The Morgan fingerprint density at radius 2 is 0.896 bits per heavy atom. The van der Waals surface area contributed by atoms with E-state index in [1.165, 1.54) is 69.2 Å². The van der Waals surface area contributed by atoms with Crippen molar-refractivity contribution in [3.63, 3.8) is 0 Å². The average Bonchev–Trinajstić information content (AvgIpc) is 1.47. The molecule has 4 aliphatic rings. The Kier molecular flexibility index (Phi) is 32.6. The maximum atomic E-state index is 12.0. The quantitative estimate of drug-likeness (QED) is 0.0175. The highest BCUT2D eigenvalue weighted by atomic mass is 79.9. The van der Waals surface area contributed by atoms with E-state index >= 15 is 0 Å². The van der Waals surface area contributed by atoms with Crippen LogP contribution in [-0.2, 0) is 52.6 Å². The Hall–Kier alpha value is -13.0. The first kappa shape index (κ1) is 92.6. The molecule has 11 rings (SSSR count). The van der Waals surface area contributed by atoms with E-state index in [2.05, 4.69) is 81.6 Å². The first-order valence-electron chi connectivity index (χ1n) is 34.8. The Balaban J connectivity index is 0.000000242. The maximum absolute atomic E-state index is 12.0. The number of carbonyl (C=O) groups is 8. The molecule has 616 valence electrons. The normalized spacial score (nSPS) is 15.0. The molecular formula is C77H93BrN14O23. The Morgan fingerprint density at radius 1 is 0.530 bits per heavy atom. The number of aliphatic carboxylic acids is 1. The second-order valence-corrected chi connectivity index (χ2v) is 30.9. The lowest BCUT2D eigenvalue weighted by Crippen LogP contribution is -2.33. The SMILES string of the molecule is CC(C)(C)OC(=O)/C=C/c1cnc2c(c1)OCC(C)(C)C(=O)N2.CC1(C)COc2cc(/C=C/C(=O)O)cnc2NC1=O.CC1(C)COc2cc(Br)cnc2NC1=O.CC1(C)COc2cccnc2NC1=O.COC(=O)C(C)(C)COc1cccnc1N.COC(=O)C(C)(C)COc1cccnc1[N+](=O)[O-].O=[N+]([O-])c1ncccc1O. The molecule has 8 N–H and O–H groups in total. The van der Waals surface area contributed by atoms with Crippen LogP contribution in [-0.4, -0.2) is 162 Å². The highest BCUT2D eigenvalue weighted by Gasteiger charge is 2.38. The molecule has 0 bridgehead atoms. The number of carbonyl (C=O) groups excluding carboxylic acids is 7. The van der Waals surface area contributed by atoms with Gasteiger partial charge in [-0.05, 0) is 230 Å². The number of carboxylic acid groups (broad SMARTS) is 1. The Labute approximate surface area is 670 Å². The number of nitrogens with one attached hydrogen (secondary N) is 4. The molecule has 4 amide bonds. The number of fused-ring (bicyclic) bond motifs is 4. The number of nitrogen functional groups attached to an aromatic ring is 1. The summed E-state index contributed by atoms with van der Waals surface area (Å²) in [6.45, 7) is 28.0. The molecule has 7 aromatic heterocycles. The number of esters is 3. The molecule has 0 atom stereocenters. The summed E-state index contributed by atoms with van der Waals surface area (Å²) in [5, 5.41) is 49.0. The average molecular weight is 1660 g/mol. The third-order valence-electron chi connectivity index (χ3n) is 15.6. The lowest BCUT2D eigenvalue weighted by atomic mass is 9.94. The van der Waals surface area contributed by atoms with Crippen molar-refractivity contribution in [2.45, 2.75) is 109 Å². The number of carboxylic acids is 1. The number of methoxy groups -OCH3 is 2. The van der Waals surface area contributed by atoms with Crippen molar-refractivity contribution in [3.8, 4) is 40.2 Å². The third-order valence-corrected chi connectivity index (χ3v) is 16.1. The fourth-order valence-electron chi connectivity index (χ4n) is 8.68. The number of rotatable bonds is 14. The fourth-order valence-corrected chi connectivity index (χ4v) is 8.99. The molecule has 4 aliphatic heterocycles. The lowest BCUT2D eigenvalue weighted by molar-refractivity contribution is -0.390. The summed E-state index contributed by atoms with van der Waals surface area (Å²) in [5.41, 5.74) is 2.43. The molecule has 0 unspecified atom stereocenters. The van der Waals surface area contributed by atoms with Crippen LogP contribution in [0.15, 0.2) is 127 Å². The van der Waals surface area contributed by atoms with E-state index in [4.69, 9.17) is 49.1 Å². The van der Waals surface area contributed by atoms with E-state index in [1.807, 2.05) is 27.7 Å². The Bertz CT molecular complexity index is 4740. The number of hydrogen-bond acceptors (Lipinski definition) is 30. The smallest absolute Gasteiger partial charge is 0.406 e. The first-order chi connectivity index (χ1) is 53.6. The molecule has 115 heavy (non-hydrogen) atoms. The van der Waals surface area contributed by atoms with Crippen LogP contribution in [0.3, 0.4) is 0 Å². The van der Waals surface area contributed by atoms with Gasteiger partial charge in [-0.3, -0.25) is 28.8 Å². The van der Waals surface area contributed by atoms with Gasteiger partial charge in [0.15, 0.2) is 57.8 Å². The van der Waals surface area contributed by atoms with Gasteiger partial charge in [0, 0.05) is 47.6 Å². The molecular weight excluding hydrogens is 1570 g/mol. The largest absolute Gasteiger partial charge is 0.501 e. The van der Waals surface area contributed by atoms with Crippen molar-refractivity contribution in [1.29, 1.82) is 0 Å². The summed E-state index contributed by atoms with van der Waals surface area (Å²) in [6.07, 6.45) is 15.8. The van der Waals surface area contributed by atoms with Crippen LogP contribution >= 0.6 is 15.9 Å². The first-order valence-corrected chi connectivity index (χ1v) is 35.6. The zero-order valence-corrected chi connectivity index (χ0v) is 68.0. The number of ether oxygens (including phenoxy) is 9.